The van der Waals surface area contributed by atoms with Gasteiger partial charge in [-0.25, -0.2) is 13.1 Å². The van der Waals surface area contributed by atoms with Crippen molar-refractivity contribution >= 4 is 39.2 Å². The quantitative estimate of drug-likeness (QED) is 0.449. The zero-order chi connectivity index (χ0) is 20.7. The fourth-order valence-corrected chi connectivity index (χ4v) is 4.42. The van der Waals surface area contributed by atoms with Crippen molar-refractivity contribution in [2.75, 3.05) is 6.54 Å². The highest BCUT2D eigenvalue weighted by Crippen LogP contribution is 2.23. The summed E-state index contributed by atoms with van der Waals surface area (Å²) in [5, 5.41) is 10.7. The molecule has 1 unspecified atom stereocenters. The Morgan fingerprint density at radius 3 is 2.50 bits per heavy atom. The van der Waals surface area contributed by atoms with Crippen LogP contribution in [0.2, 0.25) is 0 Å². The predicted octanol–water partition coefficient (Wildman–Crippen LogP) is 4.36. The molecule has 0 aliphatic rings. The van der Waals surface area contributed by atoms with E-state index in [-0.39, 0.29) is 36.2 Å². The van der Waals surface area contributed by atoms with Crippen LogP contribution in [0.15, 0.2) is 71.9 Å². The number of rotatable bonds is 10. The van der Waals surface area contributed by atoms with E-state index in [0.717, 1.165) is 16.3 Å². The number of carboxylic acids is 1. The van der Waals surface area contributed by atoms with E-state index in [1.807, 2.05) is 36.4 Å². The molecule has 0 fully saturated rings. The summed E-state index contributed by atoms with van der Waals surface area (Å²) in [7, 11) is -3.66. The highest BCUT2D eigenvalue weighted by atomic mass is 35.5. The lowest BCUT2D eigenvalue weighted by molar-refractivity contribution is -0.137. The Morgan fingerprint density at radius 1 is 1.03 bits per heavy atom. The van der Waals surface area contributed by atoms with Crippen LogP contribution in [0.3, 0.4) is 0 Å². The number of hydrogen-bond donors (Lipinski definition) is 2. The molecule has 6 nitrogen and oxygen atoms in total. The van der Waals surface area contributed by atoms with E-state index in [0.29, 0.717) is 19.3 Å². The number of halogens is 1. The van der Waals surface area contributed by atoms with Gasteiger partial charge in [0.25, 0.3) is 0 Å². The van der Waals surface area contributed by atoms with Crippen LogP contribution in [-0.2, 0) is 14.8 Å². The maximum absolute atomic E-state index is 12.8. The summed E-state index contributed by atoms with van der Waals surface area (Å²) in [6.45, 7) is 0.230. The molecule has 0 saturated carbocycles. The van der Waals surface area contributed by atoms with Crippen molar-refractivity contribution in [1.82, 2.24) is 9.71 Å². The number of sulfonamides is 1. The number of aliphatic carboxylic acids is 1. The van der Waals surface area contributed by atoms with Crippen LogP contribution in [0.1, 0.15) is 37.2 Å². The third-order valence-corrected chi connectivity index (χ3v) is 6.32. The molecule has 0 aliphatic heterocycles. The van der Waals surface area contributed by atoms with Crippen LogP contribution >= 0.6 is 12.4 Å². The number of unbranched alkanes of at least 4 members (excludes halogenated alkanes) is 1. The summed E-state index contributed by atoms with van der Waals surface area (Å²) in [5.41, 5.74) is 0.934. The van der Waals surface area contributed by atoms with Crippen molar-refractivity contribution in [2.45, 2.75) is 36.5 Å². The lowest BCUT2D eigenvalue weighted by atomic mass is 9.94. The minimum atomic E-state index is -3.66. The van der Waals surface area contributed by atoms with Gasteiger partial charge < -0.3 is 5.11 Å². The van der Waals surface area contributed by atoms with E-state index in [1.54, 1.807) is 30.6 Å². The molecule has 1 aromatic heterocycles. The number of benzene rings is 2. The monoisotopic (exact) mass is 448 g/mol. The van der Waals surface area contributed by atoms with E-state index < -0.39 is 16.0 Å². The Bertz CT molecular complexity index is 1070. The molecular formula is C22H25ClN2O4S. The average molecular weight is 449 g/mol. The molecule has 0 spiro atoms. The van der Waals surface area contributed by atoms with E-state index in [9.17, 15) is 13.2 Å². The molecule has 0 amide bonds. The summed E-state index contributed by atoms with van der Waals surface area (Å²) >= 11 is 0. The van der Waals surface area contributed by atoms with Crippen molar-refractivity contribution in [3.63, 3.8) is 0 Å². The molecule has 0 radical (unpaired) electrons. The Kier molecular flexibility index (Phi) is 8.77. The smallest absolute Gasteiger partial charge is 0.303 e. The minimum absolute atomic E-state index is 0. The third kappa shape index (κ3) is 6.52. The molecule has 0 saturated heterocycles. The summed E-state index contributed by atoms with van der Waals surface area (Å²) in [6.07, 6.45) is 5.45. The van der Waals surface area contributed by atoms with Gasteiger partial charge in [0.2, 0.25) is 10.0 Å². The van der Waals surface area contributed by atoms with Gasteiger partial charge in [-0.3, -0.25) is 9.78 Å². The summed E-state index contributed by atoms with van der Waals surface area (Å²) in [5.74, 6) is -0.896. The molecule has 1 heterocycles. The minimum Gasteiger partial charge on any atom is -0.481 e. The van der Waals surface area contributed by atoms with Crippen molar-refractivity contribution in [3.8, 4) is 0 Å². The van der Waals surface area contributed by atoms with Gasteiger partial charge in [-0.05, 0) is 53.3 Å². The van der Waals surface area contributed by atoms with E-state index >= 15 is 0 Å². The molecule has 0 aliphatic carbocycles. The summed E-state index contributed by atoms with van der Waals surface area (Å²) in [6, 6.07) is 16.4. The molecule has 2 N–H and O–H groups in total. The lowest BCUT2D eigenvalue weighted by Crippen LogP contribution is -2.28. The second-order valence-corrected chi connectivity index (χ2v) is 8.75. The Labute approximate surface area is 182 Å². The molecule has 30 heavy (non-hydrogen) atoms. The zero-order valence-corrected chi connectivity index (χ0v) is 18.0. The van der Waals surface area contributed by atoms with Crippen LogP contribution in [0, 0.1) is 0 Å². The maximum atomic E-state index is 12.8. The third-order valence-electron chi connectivity index (χ3n) is 4.90. The number of aromatic nitrogens is 1. The number of carboxylic acid groups (broad SMARTS) is 1. The SMILES string of the molecule is Cl.O=C(O)CCCCC(CNS(=O)(=O)c1ccc2ccccc2c1)c1cccnc1. The highest BCUT2D eigenvalue weighted by Gasteiger charge is 2.19. The first kappa shape index (κ1) is 23.8. The Balaban J connectivity index is 0.00000320. The maximum Gasteiger partial charge on any atom is 0.303 e. The molecule has 2 aromatic carbocycles. The fraction of sp³-hybridized carbons (Fsp3) is 0.273. The standard InChI is InChI=1S/C22H24N2O4S.ClH/c25-22(26)10-4-3-8-20(19-9-5-13-23-15-19)16-24-29(27,28)21-12-11-17-6-1-2-7-18(17)14-21;/h1-2,5-7,9,11-15,20,24H,3-4,8,10,16H2,(H,25,26);1H. The van der Waals surface area contributed by atoms with Crippen LogP contribution in [-0.4, -0.2) is 31.0 Å². The summed E-state index contributed by atoms with van der Waals surface area (Å²) in [4.78, 5) is 15.1. The predicted molar refractivity (Wildman–Crippen MR) is 119 cm³/mol. The molecule has 1 atom stereocenters. The second kappa shape index (κ2) is 11.1. The molecular weight excluding hydrogens is 424 g/mol. The Hall–Kier alpha value is -2.48. The highest BCUT2D eigenvalue weighted by molar-refractivity contribution is 7.89. The average Bonchev–Trinajstić information content (AvgIpc) is 2.73. The van der Waals surface area contributed by atoms with Crippen molar-refractivity contribution in [3.05, 3.63) is 72.6 Å². The van der Waals surface area contributed by atoms with Gasteiger partial charge in [-0.2, -0.15) is 0 Å². The van der Waals surface area contributed by atoms with Crippen LogP contribution in [0.4, 0.5) is 0 Å². The largest absolute Gasteiger partial charge is 0.481 e. The van der Waals surface area contributed by atoms with Crippen LogP contribution in [0.5, 0.6) is 0 Å². The van der Waals surface area contributed by atoms with Gasteiger partial charge >= 0.3 is 5.97 Å². The topological polar surface area (TPSA) is 96.4 Å². The van der Waals surface area contributed by atoms with Gasteiger partial charge in [0.05, 0.1) is 4.90 Å². The van der Waals surface area contributed by atoms with Gasteiger partial charge in [0.15, 0.2) is 0 Å². The number of nitrogens with one attached hydrogen (secondary N) is 1. The molecule has 3 rings (SSSR count). The van der Waals surface area contributed by atoms with Crippen molar-refractivity contribution in [2.24, 2.45) is 0 Å². The number of nitrogens with zero attached hydrogens (tertiary/aromatic N) is 1. The van der Waals surface area contributed by atoms with E-state index in [2.05, 4.69) is 9.71 Å². The number of fused-ring (bicyclic) bond motifs is 1. The van der Waals surface area contributed by atoms with Crippen LogP contribution < -0.4 is 4.72 Å². The molecule has 8 heteroatoms. The Morgan fingerprint density at radius 2 is 1.80 bits per heavy atom. The number of hydrogen-bond acceptors (Lipinski definition) is 4. The molecule has 0 bridgehead atoms. The second-order valence-electron chi connectivity index (χ2n) is 6.98. The first-order valence-corrected chi connectivity index (χ1v) is 11.0. The fourth-order valence-electron chi connectivity index (χ4n) is 3.30. The number of carbonyl (C=O) groups is 1. The van der Waals surface area contributed by atoms with Gasteiger partial charge in [0, 0.05) is 25.4 Å². The molecule has 3 aromatic rings. The lowest BCUT2D eigenvalue weighted by Gasteiger charge is -2.18. The summed E-state index contributed by atoms with van der Waals surface area (Å²) < 4.78 is 28.4. The van der Waals surface area contributed by atoms with Crippen molar-refractivity contribution < 1.29 is 18.3 Å². The first-order chi connectivity index (χ1) is 14.0. The normalized spacial score (nSPS) is 12.3. The van der Waals surface area contributed by atoms with E-state index in [1.165, 1.54) is 0 Å². The van der Waals surface area contributed by atoms with Gasteiger partial charge in [-0.15, -0.1) is 12.4 Å². The van der Waals surface area contributed by atoms with Crippen LogP contribution in [0.25, 0.3) is 10.8 Å². The first-order valence-electron chi connectivity index (χ1n) is 9.56. The van der Waals surface area contributed by atoms with Gasteiger partial charge in [0.1, 0.15) is 0 Å². The molecule has 160 valence electrons. The zero-order valence-electron chi connectivity index (χ0n) is 16.4. The van der Waals surface area contributed by atoms with Gasteiger partial charge in [-0.1, -0.05) is 42.8 Å². The number of pyridine rings is 1. The van der Waals surface area contributed by atoms with E-state index in [4.69, 9.17) is 5.11 Å². The van der Waals surface area contributed by atoms with Crippen molar-refractivity contribution in [1.29, 1.82) is 0 Å².